The summed E-state index contributed by atoms with van der Waals surface area (Å²) in [6.45, 7) is 1.34. The summed E-state index contributed by atoms with van der Waals surface area (Å²) >= 11 is 0. The summed E-state index contributed by atoms with van der Waals surface area (Å²) in [5.41, 5.74) is 0.481. The highest BCUT2D eigenvalue weighted by Gasteiger charge is 2.40. The number of aromatic nitrogens is 3. The first-order valence-electron chi connectivity index (χ1n) is 11.5. The molecule has 4 rings (SSSR count). The number of hydrogen-bond donors (Lipinski definition) is 4. The van der Waals surface area contributed by atoms with Crippen molar-refractivity contribution in [3.63, 3.8) is 0 Å². The van der Waals surface area contributed by atoms with Gasteiger partial charge in [-0.2, -0.15) is 13.2 Å². The molecule has 2 aromatic heterocycles. The minimum atomic E-state index is -4.64. The lowest BCUT2D eigenvalue weighted by molar-refractivity contribution is -0.149. The number of piperidine rings is 1. The van der Waals surface area contributed by atoms with Crippen molar-refractivity contribution in [1.82, 2.24) is 20.3 Å². The summed E-state index contributed by atoms with van der Waals surface area (Å²) in [7, 11) is 0. The lowest BCUT2D eigenvalue weighted by Crippen LogP contribution is -2.56. The predicted molar refractivity (Wildman–Crippen MR) is 125 cm³/mol. The molecule has 1 fully saturated rings. The highest BCUT2D eigenvalue weighted by Crippen LogP contribution is 2.37. The Balaban J connectivity index is 1.57. The van der Waals surface area contributed by atoms with Crippen LogP contribution in [0.4, 0.5) is 35.3 Å². The van der Waals surface area contributed by atoms with Gasteiger partial charge in [0.2, 0.25) is 5.82 Å². The minimum Gasteiger partial charge on any atom is -0.491 e. The molecule has 0 unspecified atom stereocenters. The van der Waals surface area contributed by atoms with Crippen LogP contribution in [0.15, 0.2) is 24.5 Å². The number of fused-ring (bicyclic) bond motifs is 4. The Morgan fingerprint density at radius 2 is 2.11 bits per heavy atom. The number of nitrogens with one attached hydrogen (secondary N) is 2. The van der Waals surface area contributed by atoms with E-state index in [1.54, 1.807) is 0 Å². The Morgan fingerprint density at radius 3 is 2.84 bits per heavy atom. The fraction of sp³-hybridized carbons (Fsp3) is 0.500. The van der Waals surface area contributed by atoms with Crippen molar-refractivity contribution >= 4 is 29.3 Å². The van der Waals surface area contributed by atoms with Crippen molar-refractivity contribution in [1.29, 1.82) is 0 Å². The summed E-state index contributed by atoms with van der Waals surface area (Å²) in [6.07, 6.45) is -1.56. The summed E-state index contributed by atoms with van der Waals surface area (Å²) < 4.78 is 44.1. The van der Waals surface area contributed by atoms with E-state index in [0.29, 0.717) is 30.9 Å². The van der Waals surface area contributed by atoms with E-state index in [-0.39, 0.29) is 24.3 Å². The van der Waals surface area contributed by atoms with Gasteiger partial charge in [-0.05, 0) is 25.8 Å². The van der Waals surface area contributed by atoms with Crippen LogP contribution in [0.25, 0.3) is 0 Å². The molecule has 15 heteroatoms. The molecule has 4 heterocycles. The molecule has 0 aliphatic carbocycles. The van der Waals surface area contributed by atoms with Crippen LogP contribution >= 0.6 is 0 Å². The average Bonchev–Trinajstić information content (AvgIpc) is 2.86. The minimum absolute atomic E-state index is 0.103. The molecular weight excluding hydrogens is 499 g/mol. The first-order valence-corrected chi connectivity index (χ1v) is 11.5. The molecule has 4 N–H and O–H groups in total. The van der Waals surface area contributed by atoms with Crippen LogP contribution in [-0.4, -0.2) is 87.8 Å². The number of alkyl halides is 3. The van der Waals surface area contributed by atoms with Gasteiger partial charge < -0.3 is 25.2 Å². The van der Waals surface area contributed by atoms with Crippen molar-refractivity contribution < 1.29 is 37.7 Å². The Hall–Kier alpha value is -3.72. The number of pyridine rings is 1. The van der Waals surface area contributed by atoms with Gasteiger partial charge in [-0.15, -0.1) is 0 Å². The fourth-order valence-electron chi connectivity index (χ4n) is 4.02. The number of nitrogens with zero attached hydrogens (tertiary/aromatic N) is 5. The topological polar surface area (TPSA) is 153 Å². The maximum atomic E-state index is 13.4. The summed E-state index contributed by atoms with van der Waals surface area (Å²) in [6, 6.07) is -0.0880. The fourth-order valence-corrected chi connectivity index (χ4v) is 4.02. The number of ether oxygens (including phenoxy) is 1. The quantitative estimate of drug-likeness (QED) is 0.419. The number of urea groups is 1. The van der Waals surface area contributed by atoms with E-state index in [4.69, 9.17) is 9.84 Å². The molecule has 0 saturated carbocycles. The van der Waals surface area contributed by atoms with E-state index in [0.717, 1.165) is 13.3 Å². The molecule has 2 bridgehead atoms. The molecule has 2 aliphatic rings. The van der Waals surface area contributed by atoms with Crippen LogP contribution in [0.5, 0.6) is 5.75 Å². The first kappa shape index (κ1) is 26.3. The number of aliphatic hydroxyl groups excluding tert-OH is 2. The van der Waals surface area contributed by atoms with Gasteiger partial charge in [0, 0.05) is 25.4 Å². The SMILES string of the molecule is C[C@@H](NC(=O)c1ncc2c(n1)N(C(=O)Nc1cc(OC[C@H](O)CO)ccn1)[C@H]1CCCN2C1)C(F)(F)F. The predicted octanol–water partition coefficient (Wildman–Crippen LogP) is 1.31. The van der Waals surface area contributed by atoms with E-state index in [1.807, 2.05) is 10.2 Å². The maximum Gasteiger partial charge on any atom is 0.408 e. The largest absolute Gasteiger partial charge is 0.491 e. The molecule has 0 aromatic carbocycles. The van der Waals surface area contributed by atoms with Crippen LogP contribution in [-0.2, 0) is 0 Å². The average molecular weight is 525 g/mol. The Morgan fingerprint density at radius 1 is 1.32 bits per heavy atom. The van der Waals surface area contributed by atoms with Gasteiger partial charge in [0.1, 0.15) is 30.3 Å². The van der Waals surface area contributed by atoms with E-state index in [1.165, 1.54) is 29.4 Å². The second-order valence-electron chi connectivity index (χ2n) is 8.71. The number of rotatable bonds is 7. The third-order valence-electron chi connectivity index (χ3n) is 5.96. The number of anilines is 3. The molecule has 3 amide bonds. The third-order valence-corrected chi connectivity index (χ3v) is 5.96. The van der Waals surface area contributed by atoms with E-state index >= 15 is 0 Å². The second kappa shape index (κ2) is 10.7. The Labute approximate surface area is 209 Å². The molecule has 2 aliphatic heterocycles. The molecule has 1 saturated heterocycles. The van der Waals surface area contributed by atoms with Crippen LogP contribution < -0.4 is 25.2 Å². The number of halogens is 3. The van der Waals surface area contributed by atoms with Gasteiger partial charge in [0.25, 0.3) is 5.91 Å². The van der Waals surface area contributed by atoms with Gasteiger partial charge in [0.15, 0.2) is 5.82 Å². The lowest BCUT2D eigenvalue weighted by atomic mass is 10.0. The Bertz CT molecular complexity index is 1150. The summed E-state index contributed by atoms with van der Waals surface area (Å²) in [5.74, 6) is -1.08. The van der Waals surface area contributed by atoms with Gasteiger partial charge >= 0.3 is 12.2 Å². The van der Waals surface area contributed by atoms with E-state index in [2.05, 4.69) is 20.3 Å². The van der Waals surface area contributed by atoms with Crippen molar-refractivity contribution in [2.24, 2.45) is 0 Å². The maximum absolute atomic E-state index is 13.4. The normalized spacial score (nSPS) is 18.5. The van der Waals surface area contributed by atoms with Crippen LogP contribution in [0.3, 0.4) is 0 Å². The standard InChI is InChI=1S/C22H26F3N7O5/c1-12(22(23,24)25)28-20(35)18-27-8-16-19(30-18)32(13-3-2-6-31(16)9-13)21(36)29-17-7-15(4-5-26-17)37-11-14(34)10-33/h4-5,7-8,12-14,33-34H,2-3,6,9-11H2,1H3,(H,28,35)(H,26,29,36)/t12-,13+,14-/m1/s1. The number of hydrogen-bond acceptors (Lipinski definition) is 9. The van der Waals surface area contributed by atoms with Crippen molar-refractivity contribution in [2.45, 2.75) is 44.1 Å². The van der Waals surface area contributed by atoms with Crippen LogP contribution in [0.2, 0.25) is 0 Å². The zero-order valence-electron chi connectivity index (χ0n) is 19.8. The molecule has 3 atom stereocenters. The van der Waals surface area contributed by atoms with Crippen molar-refractivity contribution in [2.75, 3.05) is 41.4 Å². The van der Waals surface area contributed by atoms with E-state index in [9.17, 15) is 27.9 Å². The molecule has 37 heavy (non-hydrogen) atoms. The molecule has 2 aromatic rings. The number of carbonyl (C=O) groups is 2. The number of aliphatic hydroxyl groups is 2. The highest BCUT2D eigenvalue weighted by molar-refractivity contribution is 6.04. The third kappa shape index (κ3) is 5.99. The van der Waals surface area contributed by atoms with Crippen LogP contribution in [0.1, 0.15) is 30.4 Å². The number of amides is 3. The molecular formula is C22H26F3N7O5. The zero-order valence-corrected chi connectivity index (χ0v) is 19.8. The lowest BCUT2D eigenvalue weighted by Gasteiger charge is -2.45. The van der Waals surface area contributed by atoms with E-state index < -0.39 is 42.7 Å². The molecule has 200 valence electrons. The first-order chi connectivity index (χ1) is 17.6. The van der Waals surface area contributed by atoms with Gasteiger partial charge in [-0.3, -0.25) is 15.0 Å². The zero-order chi connectivity index (χ0) is 26.7. The van der Waals surface area contributed by atoms with Crippen molar-refractivity contribution in [3.8, 4) is 5.75 Å². The van der Waals surface area contributed by atoms with Gasteiger partial charge in [-0.1, -0.05) is 0 Å². The smallest absolute Gasteiger partial charge is 0.408 e. The van der Waals surface area contributed by atoms with Gasteiger partial charge in [-0.25, -0.2) is 19.7 Å². The highest BCUT2D eigenvalue weighted by atomic mass is 19.4. The molecule has 0 radical (unpaired) electrons. The monoisotopic (exact) mass is 525 g/mol. The summed E-state index contributed by atoms with van der Waals surface area (Å²) in [4.78, 5) is 41.4. The molecule has 12 nitrogen and oxygen atoms in total. The second-order valence-corrected chi connectivity index (χ2v) is 8.71. The van der Waals surface area contributed by atoms with Crippen molar-refractivity contribution in [3.05, 3.63) is 30.4 Å². The molecule has 0 spiro atoms. The summed E-state index contributed by atoms with van der Waals surface area (Å²) in [5, 5.41) is 22.9. The number of carbonyl (C=O) groups excluding carboxylic acids is 2. The van der Waals surface area contributed by atoms with Gasteiger partial charge in [0.05, 0.1) is 24.5 Å². The Kier molecular flexibility index (Phi) is 7.63. The van der Waals surface area contributed by atoms with Crippen LogP contribution in [0, 0.1) is 0 Å².